The summed E-state index contributed by atoms with van der Waals surface area (Å²) >= 11 is 0. The lowest BCUT2D eigenvalue weighted by Gasteiger charge is -2.23. The quantitative estimate of drug-likeness (QED) is 0.161. The number of methoxy groups -OCH3 is 1. The molecule has 0 unspecified atom stereocenters. The molecule has 0 saturated heterocycles. The second-order valence-electron chi connectivity index (χ2n) is 7.73. The maximum absolute atomic E-state index is 12.3. The van der Waals surface area contributed by atoms with Crippen LogP contribution in [0.2, 0.25) is 0 Å². The topological polar surface area (TPSA) is 109 Å². The van der Waals surface area contributed by atoms with E-state index in [0.29, 0.717) is 30.1 Å². The summed E-state index contributed by atoms with van der Waals surface area (Å²) < 4.78 is 16.7. The second-order valence-corrected chi connectivity index (χ2v) is 7.73. The minimum absolute atomic E-state index is 0.0103. The Kier molecular flexibility index (Phi) is 8.02. The van der Waals surface area contributed by atoms with Crippen LogP contribution in [0.3, 0.4) is 0 Å². The van der Waals surface area contributed by atoms with Crippen LogP contribution in [0.4, 0.5) is 5.69 Å². The number of esters is 1. The van der Waals surface area contributed by atoms with Gasteiger partial charge in [0.25, 0.3) is 5.69 Å². The number of hydrogen-bond acceptors (Lipinski definition) is 8. The maximum Gasteiger partial charge on any atom is 0.360 e. The molecule has 0 heterocycles. The molecule has 34 heavy (non-hydrogen) atoms. The third-order valence-electron chi connectivity index (χ3n) is 5.42. The molecule has 1 aliphatic carbocycles. The zero-order chi connectivity index (χ0) is 24.7. The highest BCUT2D eigenvalue weighted by Crippen LogP contribution is 2.32. The molecule has 2 aromatic carbocycles. The summed E-state index contributed by atoms with van der Waals surface area (Å²) in [4.78, 5) is 27.5. The van der Waals surface area contributed by atoms with E-state index in [0.717, 1.165) is 16.7 Å². The van der Waals surface area contributed by atoms with Crippen molar-refractivity contribution in [1.82, 2.24) is 0 Å². The number of nitro benzene ring substituents is 1. The molecule has 0 bridgehead atoms. The van der Waals surface area contributed by atoms with Gasteiger partial charge in [0.1, 0.15) is 31.0 Å². The standard InChI is InChI=1S/C25H26N2O7/c1-16-12-18(23(13-17(16)2)24(26-32-4)25(28)31-3)15-33-21-6-5-7-22(14-21)34-20-10-8-19(9-11-20)27(29)30/h5-11,14H,12-13,15H2,1-4H3. The first kappa shape index (κ1) is 24.5. The van der Waals surface area contributed by atoms with Gasteiger partial charge in [-0.1, -0.05) is 22.4 Å². The number of ether oxygens (including phenoxy) is 3. The smallest absolute Gasteiger partial charge is 0.360 e. The molecule has 178 valence electrons. The molecule has 0 fully saturated rings. The summed E-state index contributed by atoms with van der Waals surface area (Å²) in [7, 11) is 2.68. The molecule has 9 nitrogen and oxygen atoms in total. The first-order valence-corrected chi connectivity index (χ1v) is 10.5. The summed E-state index contributed by atoms with van der Waals surface area (Å²) in [5.41, 5.74) is 4.12. The molecule has 9 heteroatoms. The van der Waals surface area contributed by atoms with Gasteiger partial charge in [0.15, 0.2) is 5.71 Å². The molecule has 0 amide bonds. The maximum atomic E-state index is 12.3. The van der Waals surface area contributed by atoms with E-state index < -0.39 is 10.9 Å². The average Bonchev–Trinajstić information content (AvgIpc) is 2.83. The van der Waals surface area contributed by atoms with E-state index in [2.05, 4.69) is 12.1 Å². The predicted molar refractivity (Wildman–Crippen MR) is 126 cm³/mol. The van der Waals surface area contributed by atoms with Gasteiger partial charge in [0.05, 0.1) is 12.0 Å². The SMILES string of the molecule is CON=C(C(=O)OC)C1=C(COc2cccc(Oc3ccc([N+](=O)[O-])cc3)c2)CC(C)=C(C)C1. The molecule has 0 radical (unpaired) electrons. The third-order valence-corrected chi connectivity index (χ3v) is 5.42. The van der Waals surface area contributed by atoms with E-state index in [1.54, 1.807) is 24.3 Å². The molecule has 0 atom stereocenters. The monoisotopic (exact) mass is 466 g/mol. The molecule has 2 aromatic rings. The molecule has 0 aromatic heterocycles. The van der Waals surface area contributed by atoms with Gasteiger partial charge in [-0.2, -0.15) is 0 Å². The first-order valence-electron chi connectivity index (χ1n) is 10.5. The number of benzene rings is 2. The number of non-ortho nitro benzene ring substituents is 1. The average molecular weight is 466 g/mol. The van der Waals surface area contributed by atoms with E-state index in [-0.39, 0.29) is 18.0 Å². The molecule has 0 saturated carbocycles. The third kappa shape index (κ3) is 6.00. The van der Waals surface area contributed by atoms with Gasteiger partial charge >= 0.3 is 5.97 Å². The van der Waals surface area contributed by atoms with Crippen molar-refractivity contribution in [1.29, 1.82) is 0 Å². The van der Waals surface area contributed by atoms with Gasteiger partial charge in [-0.15, -0.1) is 0 Å². The van der Waals surface area contributed by atoms with Crippen molar-refractivity contribution in [2.75, 3.05) is 20.8 Å². The molecular formula is C25H26N2O7. The highest BCUT2D eigenvalue weighted by atomic mass is 16.6. The van der Waals surface area contributed by atoms with Gasteiger partial charge in [0, 0.05) is 18.2 Å². The first-order chi connectivity index (χ1) is 16.3. The minimum Gasteiger partial charge on any atom is -0.489 e. The van der Waals surface area contributed by atoms with Crippen LogP contribution in [-0.4, -0.2) is 37.4 Å². The minimum atomic E-state index is -0.569. The van der Waals surface area contributed by atoms with Crippen molar-refractivity contribution in [2.24, 2.45) is 5.16 Å². The van der Waals surface area contributed by atoms with E-state index in [1.165, 1.54) is 44.1 Å². The second kappa shape index (κ2) is 11.1. The van der Waals surface area contributed by atoms with Crippen LogP contribution < -0.4 is 9.47 Å². The van der Waals surface area contributed by atoms with E-state index in [1.807, 2.05) is 6.92 Å². The number of carbonyl (C=O) groups is 1. The number of allylic oxidation sites excluding steroid dienone is 2. The van der Waals surface area contributed by atoms with Crippen LogP contribution in [0.25, 0.3) is 0 Å². The number of oxime groups is 1. The molecule has 1 aliphatic rings. The van der Waals surface area contributed by atoms with Crippen LogP contribution >= 0.6 is 0 Å². The van der Waals surface area contributed by atoms with Gasteiger partial charge < -0.3 is 19.0 Å². The Bertz CT molecular complexity index is 1160. The molecule has 0 aliphatic heterocycles. The lowest BCUT2D eigenvalue weighted by Crippen LogP contribution is -2.24. The highest BCUT2D eigenvalue weighted by Gasteiger charge is 2.26. The summed E-state index contributed by atoms with van der Waals surface area (Å²) in [6, 6.07) is 12.9. The summed E-state index contributed by atoms with van der Waals surface area (Å²) in [6.45, 7) is 4.31. The van der Waals surface area contributed by atoms with Crippen LogP contribution in [0.1, 0.15) is 26.7 Å². The number of carbonyl (C=O) groups excluding carboxylic acids is 1. The number of nitro groups is 1. The Hall–Kier alpha value is -4.14. The molecule has 0 spiro atoms. The largest absolute Gasteiger partial charge is 0.489 e. The lowest BCUT2D eigenvalue weighted by atomic mass is 9.85. The molecular weight excluding hydrogens is 440 g/mol. The van der Waals surface area contributed by atoms with Crippen molar-refractivity contribution in [2.45, 2.75) is 26.7 Å². The predicted octanol–water partition coefficient (Wildman–Crippen LogP) is 5.37. The molecule has 0 N–H and O–H groups in total. The number of rotatable bonds is 9. The lowest BCUT2D eigenvalue weighted by molar-refractivity contribution is -0.384. The normalized spacial score (nSPS) is 14.1. The summed E-state index contributed by atoms with van der Waals surface area (Å²) in [5, 5.41) is 14.7. The van der Waals surface area contributed by atoms with Crippen molar-refractivity contribution in [3.05, 3.63) is 80.9 Å². The Morgan fingerprint density at radius 1 is 1.00 bits per heavy atom. The van der Waals surface area contributed by atoms with Gasteiger partial charge in [0.2, 0.25) is 0 Å². The zero-order valence-corrected chi connectivity index (χ0v) is 19.5. The Labute approximate surface area is 197 Å². The number of nitrogens with zero attached hydrogens (tertiary/aromatic N) is 2. The Morgan fingerprint density at radius 3 is 2.32 bits per heavy atom. The zero-order valence-electron chi connectivity index (χ0n) is 19.5. The van der Waals surface area contributed by atoms with Crippen molar-refractivity contribution in [3.8, 4) is 17.2 Å². The van der Waals surface area contributed by atoms with E-state index in [4.69, 9.17) is 19.0 Å². The summed E-state index contributed by atoms with van der Waals surface area (Å²) in [5.74, 6) is 0.987. The van der Waals surface area contributed by atoms with Gasteiger partial charge in [-0.25, -0.2) is 4.79 Å². The van der Waals surface area contributed by atoms with E-state index in [9.17, 15) is 14.9 Å². The fraction of sp³-hybridized carbons (Fsp3) is 0.280. The molecule has 3 rings (SSSR count). The Morgan fingerprint density at radius 2 is 1.68 bits per heavy atom. The Balaban J connectivity index is 1.78. The fourth-order valence-electron chi connectivity index (χ4n) is 3.48. The van der Waals surface area contributed by atoms with Crippen molar-refractivity contribution in [3.63, 3.8) is 0 Å². The van der Waals surface area contributed by atoms with Crippen LogP contribution in [0, 0.1) is 10.1 Å². The summed E-state index contributed by atoms with van der Waals surface area (Å²) in [6.07, 6.45) is 1.19. The van der Waals surface area contributed by atoms with Crippen molar-refractivity contribution < 1.29 is 28.8 Å². The van der Waals surface area contributed by atoms with Crippen LogP contribution in [-0.2, 0) is 14.4 Å². The van der Waals surface area contributed by atoms with E-state index >= 15 is 0 Å². The fourth-order valence-corrected chi connectivity index (χ4v) is 3.48. The van der Waals surface area contributed by atoms with Gasteiger partial charge in [-0.05, 0) is 62.1 Å². The number of hydrogen-bond donors (Lipinski definition) is 0. The van der Waals surface area contributed by atoms with Crippen LogP contribution in [0.15, 0.2) is 76.0 Å². The van der Waals surface area contributed by atoms with Crippen LogP contribution in [0.5, 0.6) is 17.2 Å². The van der Waals surface area contributed by atoms with Gasteiger partial charge in [-0.3, -0.25) is 10.1 Å². The van der Waals surface area contributed by atoms with Crippen molar-refractivity contribution >= 4 is 17.4 Å². The highest BCUT2D eigenvalue weighted by molar-refractivity contribution is 6.43.